The third-order valence-corrected chi connectivity index (χ3v) is 6.13. The zero-order chi connectivity index (χ0) is 21.0. The van der Waals surface area contributed by atoms with E-state index in [2.05, 4.69) is 10.6 Å². The normalized spacial score (nSPS) is 23.6. The third-order valence-electron chi connectivity index (χ3n) is 6.13. The van der Waals surface area contributed by atoms with E-state index in [1.807, 2.05) is 30.3 Å². The van der Waals surface area contributed by atoms with Crippen molar-refractivity contribution in [3.63, 3.8) is 0 Å². The van der Waals surface area contributed by atoms with Gasteiger partial charge in [0.05, 0.1) is 6.04 Å². The average molecular weight is 399 g/mol. The molecule has 1 heterocycles. The first-order valence-corrected chi connectivity index (χ1v) is 10.3. The second kappa shape index (κ2) is 8.76. The Morgan fingerprint density at radius 2 is 1.83 bits per heavy atom. The van der Waals surface area contributed by atoms with Crippen LogP contribution in [0.15, 0.2) is 30.3 Å². The number of urea groups is 1. The molecular formula is C22H29N3O4. The van der Waals surface area contributed by atoms with Crippen LogP contribution < -0.4 is 10.6 Å². The van der Waals surface area contributed by atoms with Crippen LogP contribution in [0, 0.1) is 5.92 Å². The minimum absolute atomic E-state index is 0.0869. The van der Waals surface area contributed by atoms with Crippen LogP contribution in [0.2, 0.25) is 0 Å². The summed E-state index contributed by atoms with van der Waals surface area (Å²) in [6.07, 6.45) is 5.39. The molecule has 1 saturated heterocycles. The van der Waals surface area contributed by atoms with Crippen molar-refractivity contribution < 1.29 is 19.2 Å². The number of rotatable bonds is 7. The lowest BCUT2D eigenvalue weighted by Crippen LogP contribution is -2.52. The van der Waals surface area contributed by atoms with Crippen molar-refractivity contribution in [1.82, 2.24) is 15.5 Å². The van der Waals surface area contributed by atoms with E-state index in [-0.39, 0.29) is 24.2 Å². The summed E-state index contributed by atoms with van der Waals surface area (Å²) in [6, 6.07) is 8.15. The minimum atomic E-state index is -0.957. The van der Waals surface area contributed by atoms with Gasteiger partial charge in [0.1, 0.15) is 12.1 Å². The molecule has 7 nitrogen and oxygen atoms in total. The van der Waals surface area contributed by atoms with E-state index in [1.54, 1.807) is 6.92 Å². The van der Waals surface area contributed by atoms with Gasteiger partial charge in [-0.15, -0.1) is 0 Å². The van der Waals surface area contributed by atoms with Gasteiger partial charge >= 0.3 is 6.03 Å². The van der Waals surface area contributed by atoms with Crippen LogP contribution in [0.25, 0.3) is 0 Å². The number of nitrogens with one attached hydrogen (secondary N) is 2. The van der Waals surface area contributed by atoms with Crippen molar-refractivity contribution in [2.45, 2.75) is 64.0 Å². The lowest BCUT2D eigenvalue weighted by Gasteiger charge is -2.34. The lowest BCUT2D eigenvalue weighted by molar-refractivity contribution is -0.136. The van der Waals surface area contributed by atoms with Crippen LogP contribution in [0.4, 0.5) is 4.79 Å². The van der Waals surface area contributed by atoms with E-state index < -0.39 is 23.5 Å². The monoisotopic (exact) mass is 399 g/mol. The summed E-state index contributed by atoms with van der Waals surface area (Å²) < 4.78 is 0. The first kappa shape index (κ1) is 21.0. The van der Waals surface area contributed by atoms with E-state index in [4.69, 9.17) is 0 Å². The molecule has 156 valence electrons. The second-order valence-electron chi connectivity index (χ2n) is 8.28. The summed E-state index contributed by atoms with van der Waals surface area (Å²) in [7, 11) is 0. The van der Waals surface area contributed by atoms with Gasteiger partial charge in [-0.2, -0.15) is 0 Å². The molecule has 0 spiro atoms. The van der Waals surface area contributed by atoms with Crippen LogP contribution >= 0.6 is 0 Å². The highest BCUT2D eigenvalue weighted by Crippen LogP contribution is 2.36. The predicted octanol–water partition coefficient (Wildman–Crippen LogP) is 2.19. The van der Waals surface area contributed by atoms with Crippen molar-refractivity contribution in [2.75, 3.05) is 6.54 Å². The number of ketones is 1. The molecule has 1 aliphatic heterocycles. The molecule has 4 amide bonds. The fourth-order valence-corrected chi connectivity index (χ4v) is 4.35. The summed E-state index contributed by atoms with van der Waals surface area (Å²) in [5.74, 6) is -0.959. The Morgan fingerprint density at radius 3 is 2.45 bits per heavy atom. The van der Waals surface area contributed by atoms with Gasteiger partial charge in [-0.05, 0) is 44.6 Å². The number of carbonyl (C=O) groups is 4. The molecule has 1 aromatic carbocycles. The van der Waals surface area contributed by atoms with Gasteiger partial charge < -0.3 is 10.6 Å². The highest BCUT2D eigenvalue weighted by molar-refractivity contribution is 6.09. The van der Waals surface area contributed by atoms with Gasteiger partial charge in [-0.3, -0.25) is 19.3 Å². The zero-order valence-corrected chi connectivity index (χ0v) is 17.1. The molecule has 3 rings (SSSR count). The summed E-state index contributed by atoms with van der Waals surface area (Å²) in [4.78, 5) is 50.9. The van der Waals surface area contributed by atoms with Crippen molar-refractivity contribution >= 4 is 23.6 Å². The smallest absolute Gasteiger partial charge is 0.325 e. The number of hydrogen-bond donors (Lipinski definition) is 2. The quantitative estimate of drug-likeness (QED) is 0.687. The number of nitrogens with zero attached hydrogens (tertiary/aromatic N) is 1. The maximum Gasteiger partial charge on any atom is 0.325 e. The molecule has 2 N–H and O–H groups in total. The molecule has 29 heavy (non-hydrogen) atoms. The van der Waals surface area contributed by atoms with Gasteiger partial charge in [0.2, 0.25) is 5.91 Å². The molecule has 1 aliphatic carbocycles. The molecule has 2 fully saturated rings. The fourth-order valence-electron chi connectivity index (χ4n) is 4.35. The van der Waals surface area contributed by atoms with Crippen LogP contribution in [0.1, 0.15) is 51.5 Å². The van der Waals surface area contributed by atoms with E-state index in [0.29, 0.717) is 6.42 Å². The van der Waals surface area contributed by atoms with Gasteiger partial charge in [0.25, 0.3) is 5.91 Å². The minimum Gasteiger partial charge on any atom is -0.344 e. The van der Waals surface area contributed by atoms with Crippen LogP contribution in [0.3, 0.4) is 0 Å². The van der Waals surface area contributed by atoms with Gasteiger partial charge in [-0.1, -0.05) is 49.6 Å². The Hall–Kier alpha value is -2.70. The molecular weight excluding hydrogens is 370 g/mol. The third kappa shape index (κ3) is 4.66. The zero-order valence-electron chi connectivity index (χ0n) is 17.1. The molecule has 0 unspecified atom stereocenters. The number of benzene rings is 1. The van der Waals surface area contributed by atoms with Crippen LogP contribution in [-0.2, 0) is 20.8 Å². The van der Waals surface area contributed by atoms with E-state index >= 15 is 0 Å². The maximum atomic E-state index is 13.0. The molecule has 7 heteroatoms. The molecule has 2 aliphatic rings. The van der Waals surface area contributed by atoms with Crippen LogP contribution in [-0.4, -0.2) is 46.7 Å². The summed E-state index contributed by atoms with van der Waals surface area (Å²) >= 11 is 0. The van der Waals surface area contributed by atoms with E-state index in [1.165, 1.54) is 6.92 Å². The first-order valence-electron chi connectivity index (χ1n) is 10.3. The molecule has 1 saturated carbocycles. The van der Waals surface area contributed by atoms with Crippen LogP contribution in [0.5, 0.6) is 0 Å². The molecule has 0 aromatic heterocycles. The van der Waals surface area contributed by atoms with E-state index in [9.17, 15) is 19.2 Å². The van der Waals surface area contributed by atoms with Gasteiger partial charge in [0.15, 0.2) is 5.78 Å². The summed E-state index contributed by atoms with van der Waals surface area (Å²) in [6.45, 7) is 2.79. The van der Waals surface area contributed by atoms with Crippen molar-refractivity contribution in [3.8, 4) is 0 Å². The Bertz CT molecular complexity index is 789. The van der Waals surface area contributed by atoms with E-state index in [0.717, 1.165) is 42.6 Å². The fraction of sp³-hybridized carbons (Fsp3) is 0.545. The first-order chi connectivity index (χ1) is 13.8. The highest BCUT2D eigenvalue weighted by Gasteiger charge is 2.52. The number of imide groups is 1. The number of carbonyl (C=O) groups excluding carboxylic acids is 4. The molecule has 2 atom stereocenters. The Balaban J connectivity index is 1.63. The summed E-state index contributed by atoms with van der Waals surface area (Å²) in [5.41, 5.74) is -0.0326. The highest BCUT2D eigenvalue weighted by atomic mass is 16.2. The Labute approximate surface area is 171 Å². The average Bonchev–Trinajstić information content (AvgIpc) is 2.93. The predicted molar refractivity (Wildman–Crippen MR) is 108 cm³/mol. The summed E-state index contributed by atoms with van der Waals surface area (Å²) in [5, 5.41) is 5.49. The lowest BCUT2D eigenvalue weighted by atomic mass is 9.75. The molecule has 1 aromatic rings. The van der Waals surface area contributed by atoms with Gasteiger partial charge in [-0.25, -0.2) is 4.79 Å². The number of hydrogen-bond acceptors (Lipinski definition) is 4. The Morgan fingerprint density at radius 1 is 1.17 bits per heavy atom. The number of Topliss-reactive ketones (excluding diaryl/α,β-unsaturated/α-hetero) is 1. The van der Waals surface area contributed by atoms with Crippen molar-refractivity contribution in [2.24, 2.45) is 5.92 Å². The largest absolute Gasteiger partial charge is 0.344 e. The Kier molecular flexibility index (Phi) is 6.35. The van der Waals surface area contributed by atoms with Crippen molar-refractivity contribution in [3.05, 3.63) is 35.9 Å². The standard InChI is InChI=1S/C22H29N3O4/c1-15(26)18(13-16-9-5-3-6-10-16)23-19(27)14-25-20(28)22(2,24-21(25)29)17-11-7-4-8-12-17/h3,5-6,9-10,17-18H,4,7-8,11-14H2,1-2H3,(H,23,27)(H,24,29)/t18-,22-/m0/s1. The molecule has 0 radical (unpaired) electrons. The number of amides is 4. The van der Waals surface area contributed by atoms with Gasteiger partial charge in [0, 0.05) is 0 Å². The molecule has 0 bridgehead atoms. The second-order valence-corrected chi connectivity index (χ2v) is 8.28. The van der Waals surface area contributed by atoms with Crippen molar-refractivity contribution in [1.29, 1.82) is 0 Å². The maximum absolute atomic E-state index is 13.0. The SMILES string of the molecule is CC(=O)[C@H](Cc1ccccc1)NC(=O)CN1C(=O)N[C@@](C)(C2CCCCC2)C1=O. The topological polar surface area (TPSA) is 95.6 Å².